The number of thiazole rings is 1. The summed E-state index contributed by atoms with van der Waals surface area (Å²) in [7, 11) is 1.97. The van der Waals surface area contributed by atoms with Crippen LogP contribution in [-0.4, -0.2) is 41.3 Å². The van der Waals surface area contributed by atoms with Gasteiger partial charge in [0.25, 0.3) is 0 Å². The number of ether oxygens (including phenoxy) is 1. The maximum absolute atomic E-state index is 10.1. The molecule has 0 saturated heterocycles. The van der Waals surface area contributed by atoms with Gasteiger partial charge in [0, 0.05) is 18.1 Å². The molecule has 0 bridgehead atoms. The highest BCUT2D eigenvalue weighted by molar-refractivity contribution is 7.09. The highest BCUT2D eigenvalue weighted by atomic mass is 32.1. The molecule has 1 heterocycles. The van der Waals surface area contributed by atoms with Crippen LogP contribution in [0.25, 0.3) is 10.8 Å². The second-order valence-corrected chi connectivity index (χ2v) is 6.58. The number of hydrogen-bond donors (Lipinski definition) is 1. The number of rotatable bonds is 7. The van der Waals surface area contributed by atoms with Gasteiger partial charge in [-0.25, -0.2) is 4.98 Å². The molecule has 3 aromatic rings. The van der Waals surface area contributed by atoms with E-state index in [1.807, 2.05) is 47.7 Å². The Labute approximate surface area is 140 Å². The van der Waals surface area contributed by atoms with Gasteiger partial charge in [-0.3, -0.25) is 4.90 Å². The quantitative estimate of drug-likeness (QED) is 0.723. The van der Waals surface area contributed by atoms with E-state index in [9.17, 15) is 5.11 Å². The molecule has 0 amide bonds. The largest absolute Gasteiger partial charge is 0.491 e. The van der Waals surface area contributed by atoms with Gasteiger partial charge in [0.05, 0.1) is 6.54 Å². The molecule has 0 saturated carbocycles. The Bertz CT molecular complexity index is 746. The van der Waals surface area contributed by atoms with Gasteiger partial charge in [-0.15, -0.1) is 11.3 Å². The van der Waals surface area contributed by atoms with Gasteiger partial charge < -0.3 is 9.84 Å². The molecule has 1 unspecified atom stereocenters. The molecule has 0 fully saturated rings. The molecule has 23 heavy (non-hydrogen) atoms. The number of aromatic nitrogens is 1. The number of likely N-dealkylation sites (N-methyl/N-ethyl adjacent to an activating group) is 1. The summed E-state index contributed by atoms with van der Waals surface area (Å²) in [5.41, 5.74) is 0. The van der Waals surface area contributed by atoms with Crippen molar-refractivity contribution in [2.75, 3.05) is 20.2 Å². The number of fused-ring (bicyclic) bond motifs is 1. The fourth-order valence-electron chi connectivity index (χ4n) is 2.49. The summed E-state index contributed by atoms with van der Waals surface area (Å²) < 4.78 is 5.72. The van der Waals surface area contributed by atoms with Crippen molar-refractivity contribution in [1.29, 1.82) is 0 Å². The number of benzene rings is 2. The van der Waals surface area contributed by atoms with E-state index < -0.39 is 6.10 Å². The molecule has 3 rings (SSSR count). The van der Waals surface area contributed by atoms with Crippen LogP contribution in [-0.2, 0) is 6.54 Å². The van der Waals surface area contributed by atoms with Gasteiger partial charge >= 0.3 is 0 Å². The van der Waals surface area contributed by atoms with Crippen molar-refractivity contribution in [1.82, 2.24) is 9.88 Å². The van der Waals surface area contributed by atoms with Crippen molar-refractivity contribution in [3.63, 3.8) is 0 Å². The molecular weight excluding hydrogens is 308 g/mol. The fraction of sp³-hybridized carbons (Fsp3) is 0.278. The van der Waals surface area contributed by atoms with E-state index in [0.29, 0.717) is 6.54 Å². The third kappa shape index (κ3) is 4.51. The minimum absolute atomic E-state index is 0.278. The van der Waals surface area contributed by atoms with E-state index in [1.165, 1.54) is 5.39 Å². The van der Waals surface area contributed by atoms with Crippen molar-refractivity contribution in [3.05, 3.63) is 59.0 Å². The Kier molecular flexibility index (Phi) is 5.23. The van der Waals surface area contributed by atoms with Crippen LogP contribution in [0.2, 0.25) is 0 Å². The van der Waals surface area contributed by atoms with Gasteiger partial charge in [-0.05, 0) is 30.0 Å². The Balaban J connectivity index is 1.50. The van der Waals surface area contributed by atoms with Crippen molar-refractivity contribution in [2.24, 2.45) is 0 Å². The van der Waals surface area contributed by atoms with Gasteiger partial charge in [-0.2, -0.15) is 0 Å². The number of aliphatic hydroxyl groups is 1. The van der Waals surface area contributed by atoms with Crippen molar-refractivity contribution in [2.45, 2.75) is 12.6 Å². The highest BCUT2D eigenvalue weighted by Gasteiger charge is 2.11. The molecule has 1 N–H and O–H groups in total. The van der Waals surface area contributed by atoms with Gasteiger partial charge in [-0.1, -0.05) is 30.3 Å². The van der Waals surface area contributed by atoms with E-state index in [1.54, 1.807) is 17.5 Å². The van der Waals surface area contributed by atoms with Gasteiger partial charge in [0.2, 0.25) is 0 Å². The summed E-state index contributed by atoms with van der Waals surface area (Å²) >= 11 is 1.62. The summed E-state index contributed by atoms with van der Waals surface area (Å²) in [4.78, 5) is 6.30. The predicted molar refractivity (Wildman–Crippen MR) is 93.9 cm³/mol. The summed E-state index contributed by atoms with van der Waals surface area (Å²) in [6.45, 7) is 1.57. The average molecular weight is 328 g/mol. The van der Waals surface area contributed by atoms with Crippen LogP contribution in [0.3, 0.4) is 0 Å². The second kappa shape index (κ2) is 7.55. The fourth-order valence-corrected chi connectivity index (χ4v) is 3.18. The van der Waals surface area contributed by atoms with Crippen LogP contribution in [0.1, 0.15) is 5.01 Å². The van der Waals surface area contributed by atoms with Gasteiger partial charge in [0.15, 0.2) is 0 Å². The monoisotopic (exact) mass is 328 g/mol. The Morgan fingerprint density at radius 2 is 2.04 bits per heavy atom. The molecule has 0 aliphatic carbocycles. The molecule has 2 aromatic carbocycles. The Morgan fingerprint density at radius 3 is 2.83 bits per heavy atom. The standard InChI is InChI=1S/C18H20N2O2S/c1-20(12-18-19-8-9-23-18)11-16(21)13-22-17-7-6-14-4-2-3-5-15(14)10-17/h2-10,16,21H,11-13H2,1H3. The van der Waals surface area contributed by atoms with Gasteiger partial charge in [0.1, 0.15) is 23.5 Å². The maximum Gasteiger partial charge on any atom is 0.120 e. The molecule has 0 aliphatic heterocycles. The first-order valence-corrected chi connectivity index (χ1v) is 8.45. The topological polar surface area (TPSA) is 45.6 Å². The number of aliphatic hydroxyl groups excluding tert-OH is 1. The second-order valence-electron chi connectivity index (χ2n) is 5.60. The predicted octanol–water partition coefficient (Wildman–Crippen LogP) is 3.17. The first kappa shape index (κ1) is 15.9. The zero-order valence-electron chi connectivity index (χ0n) is 13.1. The molecule has 5 heteroatoms. The van der Waals surface area contributed by atoms with Crippen LogP contribution < -0.4 is 4.74 Å². The molecular formula is C18H20N2O2S. The lowest BCUT2D eigenvalue weighted by Gasteiger charge is -2.19. The number of nitrogens with zero attached hydrogens (tertiary/aromatic N) is 2. The minimum Gasteiger partial charge on any atom is -0.491 e. The lowest BCUT2D eigenvalue weighted by molar-refractivity contribution is 0.0744. The molecule has 1 atom stereocenters. The van der Waals surface area contributed by atoms with Crippen LogP contribution in [0, 0.1) is 0 Å². The molecule has 0 radical (unpaired) electrons. The zero-order chi connectivity index (χ0) is 16.1. The van der Waals surface area contributed by atoms with Crippen LogP contribution in [0.4, 0.5) is 0 Å². The zero-order valence-corrected chi connectivity index (χ0v) is 13.9. The van der Waals surface area contributed by atoms with E-state index in [0.717, 1.165) is 22.7 Å². The van der Waals surface area contributed by atoms with E-state index in [-0.39, 0.29) is 6.61 Å². The minimum atomic E-state index is -0.536. The maximum atomic E-state index is 10.1. The third-order valence-corrected chi connectivity index (χ3v) is 4.34. The lowest BCUT2D eigenvalue weighted by Crippen LogP contribution is -2.32. The first-order valence-electron chi connectivity index (χ1n) is 7.57. The lowest BCUT2D eigenvalue weighted by atomic mass is 10.1. The summed E-state index contributed by atoms with van der Waals surface area (Å²) in [6.07, 6.45) is 1.26. The summed E-state index contributed by atoms with van der Waals surface area (Å²) in [5.74, 6) is 0.783. The normalized spacial score (nSPS) is 12.7. The molecule has 0 aliphatic rings. The third-order valence-electron chi connectivity index (χ3n) is 3.57. The number of hydrogen-bond acceptors (Lipinski definition) is 5. The van der Waals surface area contributed by atoms with Crippen LogP contribution in [0.15, 0.2) is 54.0 Å². The molecule has 0 spiro atoms. The Morgan fingerprint density at radius 1 is 1.22 bits per heavy atom. The van der Waals surface area contributed by atoms with Crippen molar-refractivity contribution in [3.8, 4) is 5.75 Å². The summed E-state index contributed by atoms with van der Waals surface area (Å²) in [5, 5.41) is 15.5. The van der Waals surface area contributed by atoms with Crippen LogP contribution in [0.5, 0.6) is 5.75 Å². The molecule has 4 nitrogen and oxygen atoms in total. The first-order chi connectivity index (χ1) is 11.2. The SMILES string of the molecule is CN(Cc1nccs1)CC(O)COc1ccc2ccccc2c1. The van der Waals surface area contributed by atoms with Crippen molar-refractivity contribution >= 4 is 22.1 Å². The van der Waals surface area contributed by atoms with E-state index in [4.69, 9.17) is 4.74 Å². The Hall–Kier alpha value is -1.95. The average Bonchev–Trinajstić information content (AvgIpc) is 3.05. The molecule has 1 aromatic heterocycles. The summed E-state index contributed by atoms with van der Waals surface area (Å²) in [6, 6.07) is 14.1. The van der Waals surface area contributed by atoms with E-state index >= 15 is 0 Å². The smallest absolute Gasteiger partial charge is 0.120 e. The highest BCUT2D eigenvalue weighted by Crippen LogP contribution is 2.20. The molecule has 120 valence electrons. The van der Waals surface area contributed by atoms with E-state index in [2.05, 4.69) is 17.1 Å². The van der Waals surface area contributed by atoms with Crippen LogP contribution >= 0.6 is 11.3 Å². The van der Waals surface area contributed by atoms with Crippen molar-refractivity contribution < 1.29 is 9.84 Å².